The van der Waals surface area contributed by atoms with Crippen molar-refractivity contribution in [1.29, 1.82) is 0 Å². The highest BCUT2D eigenvalue weighted by molar-refractivity contribution is 5.81. The van der Waals surface area contributed by atoms with Gasteiger partial charge in [0.2, 0.25) is 0 Å². The molecule has 1 unspecified atom stereocenters. The van der Waals surface area contributed by atoms with E-state index in [1.807, 2.05) is 54.6 Å². The normalized spacial score (nSPS) is 12.5. The third kappa shape index (κ3) is 1.85. The fourth-order valence-electron chi connectivity index (χ4n) is 2.09. The Balaban J connectivity index is 2.15. The molecule has 3 aromatic rings. The van der Waals surface area contributed by atoms with Gasteiger partial charge in [0.1, 0.15) is 6.33 Å². The van der Waals surface area contributed by atoms with E-state index < -0.39 is 0 Å². The average molecular weight is 235 g/mol. The minimum atomic E-state index is -0.223. The van der Waals surface area contributed by atoms with Gasteiger partial charge in [-0.3, -0.25) is 0 Å². The maximum atomic E-state index is 6.29. The molecule has 0 amide bonds. The second-order valence-electron chi connectivity index (χ2n) is 4.16. The molecule has 2 aromatic carbocycles. The summed E-state index contributed by atoms with van der Waals surface area (Å²) >= 11 is 0. The van der Waals surface area contributed by atoms with E-state index in [4.69, 9.17) is 5.73 Å². The molecule has 18 heavy (non-hydrogen) atoms. The quantitative estimate of drug-likeness (QED) is 0.743. The number of benzene rings is 2. The molecule has 0 saturated heterocycles. The topological polar surface area (TPSA) is 51.8 Å². The van der Waals surface area contributed by atoms with Gasteiger partial charge in [-0.15, -0.1) is 0 Å². The van der Waals surface area contributed by atoms with Crippen molar-refractivity contribution in [3.8, 4) is 0 Å². The second-order valence-corrected chi connectivity index (χ2v) is 4.16. The van der Waals surface area contributed by atoms with E-state index in [1.54, 1.807) is 6.33 Å². The summed E-state index contributed by atoms with van der Waals surface area (Å²) in [6.07, 6.45) is 1.57. The molecule has 3 heteroatoms. The van der Waals surface area contributed by atoms with Crippen LogP contribution in [0.5, 0.6) is 0 Å². The van der Waals surface area contributed by atoms with Gasteiger partial charge in [-0.1, -0.05) is 48.5 Å². The lowest BCUT2D eigenvalue weighted by atomic mass is 10.0. The van der Waals surface area contributed by atoms with Crippen LogP contribution in [-0.2, 0) is 0 Å². The summed E-state index contributed by atoms with van der Waals surface area (Å²) < 4.78 is 0. The van der Waals surface area contributed by atoms with Gasteiger partial charge in [-0.25, -0.2) is 9.97 Å². The van der Waals surface area contributed by atoms with Crippen LogP contribution in [0.25, 0.3) is 10.9 Å². The molecule has 0 aliphatic carbocycles. The number of para-hydroxylation sites is 1. The van der Waals surface area contributed by atoms with Gasteiger partial charge >= 0.3 is 0 Å². The molecule has 0 fully saturated rings. The number of aromatic nitrogens is 2. The number of rotatable bonds is 2. The first-order chi connectivity index (χ1) is 8.86. The first-order valence-corrected chi connectivity index (χ1v) is 5.86. The Morgan fingerprint density at radius 1 is 0.833 bits per heavy atom. The van der Waals surface area contributed by atoms with Crippen LogP contribution in [0.15, 0.2) is 60.9 Å². The van der Waals surface area contributed by atoms with Crippen molar-refractivity contribution in [2.75, 3.05) is 0 Å². The van der Waals surface area contributed by atoms with Crippen LogP contribution in [0.4, 0.5) is 0 Å². The zero-order chi connectivity index (χ0) is 12.4. The third-order valence-corrected chi connectivity index (χ3v) is 3.03. The third-order valence-electron chi connectivity index (χ3n) is 3.03. The Kier molecular flexibility index (Phi) is 2.74. The standard InChI is InChI=1S/C15H13N3/c16-14(11-6-2-1-3-7-11)15-12-8-4-5-9-13(12)17-10-18-15/h1-10,14H,16H2. The predicted molar refractivity (Wildman–Crippen MR) is 72.0 cm³/mol. The molecule has 0 radical (unpaired) electrons. The summed E-state index contributed by atoms with van der Waals surface area (Å²) in [7, 11) is 0. The van der Waals surface area contributed by atoms with Crippen LogP contribution in [0, 0.1) is 0 Å². The SMILES string of the molecule is NC(c1ccccc1)c1ncnc2ccccc12. The minimum absolute atomic E-state index is 0.223. The molecule has 0 bridgehead atoms. The summed E-state index contributed by atoms with van der Waals surface area (Å²) in [5.41, 5.74) is 9.14. The van der Waals surface area contributed by atoms with Crippen molar-refractivity contribution in [3.05, 3.63) is 72.2 Å². The molecule has 1 aromatic heterocycles. The minimum Gasteiger partial charge on any atom is -0.319 e. The monoisotopic (exact) mass is 235 g/mol. The van der Waals surface area contributed by atoms with Crippen molar-refractivity contribution < 1.29 is 0 Å². The maximum Gasteiger partial charge on any atom is 0.116 e. The van der Waals surface area contributed by atoms with E-state index in [2.05, 4.69) is 9.97 Å². The van der Waals surface area contributed by atoms with Crippen molar-refractivity contribution >= 4 is 10.9 Å². The van der Waals surface area contributed by atoms with Crippen molar-refractivity contribution in [3.63, 3.8) is 0 Å². The van der Waals surface area contributed by atoms with E-state index in [-0.39, 0.29) is 6.04 Å². The van der Waals surface area contributed by atoms with Crippen molar-refractivity contribution in [2.24, 2.45) is 5.73 Å². The molecule has 0 aliphatic heterocycles. The van der Waals surface area contributed by atoms with E-state index in [0.29, 0.717) is 0 Å². The number of nitrogens with two attached hydrogens (primary N) is 1. The summed E-state index contributed by atoms with van der Waals surface area (Å²) in [6, 6.07) is 17.7. The lowest BCUT2D eigenvalue weighted by molar-refractivity contribution is 0.834. The summed E-state index contributed by atoms with van der Waals surface area (Å²) in [6.45, 7) is 0. The van der Waals surface area contributed by atoms with Gasteiger partial charge in [0.25, 0.3) is 0 Å². The Hall–Kier alpha value is -2.26. The lowest BCUT2D eigenvalue weighted by Crippen LogP contribution is -2.14. The van der Waals surface area contributed by atoms with E-state index >= 15 is 0 Å². The number of hydrogen-bond acceptors (Lipinski definition) is 3. The molecular formula is C15H13N3. The van der Waals surface area contributed by atoms with Crippen LogP contribution < -0.4 is 5.73 Å². The molecule has 0 aliphatic rings. The molecule has 1 atom stereocenters. The highest BCUT2D eigenvalue weighted by Crippen LogP contribution is 2.23. The highest BCUT2D eigenvalue weighted by atomic mass is 14.9. The molecule has 88 valence electrons. The van der Waals surface area contributed by atoms with Crippen molar-refractivity contribution in [1.82, 2.24) is 9.97 Å². The first-order valence-electron chi connectivity index (χ1n) is 5.86. The highest BCUT2D eigenvalue weighted by Gasteiger charge is 2.13. The van der Waals surface area contributed by atoms with Crippen LogP contribution in [0.3, 0.4) is 0 Å². The number of fused-ring (bicyclic) bond motifs is 1. The van der Waals surface area contributed by atoms with Crippen LogP contribution in [-0.4, -0.2) is 9.97 Å². The predicted octanol–water partition coefficient (Wildman–Crippen LogP) is 2.68. The van der Waals surface area contributed by atoms with E-state index in [9.17, 15) is 0 Å². The van der Waals surface area contributed by atoms with E-state index in [0.717, 1.165) is 22.2 Å². The van der Waals surface area contributed by atoms with Crippen LogP contribution in [0.2, 0.25) is 0 Å². The largest absolute Gasteiger partial charge is 0.319 e. The fourth-order valence-corrected chi connectivity index (χ4v) is 2.09. The lowest BCUT2D eigenvalue weighted by Gasteiger charge is -2.13. The fraction of sp³-hybridized carbons (Fsp3) is 0.0667. The number of nitrogens with zero attached hydrogens (tertiary/aromatic N) is 2. The zero-order valence-electron chi connectivity index (χ0n) is 9.82. The molecule has 0 spiro atoms. The van der Waals surface area contributed by atoms with Crippen LogP contribution >= 0.6 is 0 Å². The number of hydrogen-bond donors (Lipinski definition) is 1. The Labute approximate surface area is 105 Å². The first kappa shape index (κ1) is 10.9. The molecule has 1 heterocycles. The van der Waals surface area contributed by atoms with Gasteiger partial charge in [0.15, 0.2) is 0 Å². The Morgan fingerprint density at radius 2 is 1.56 bits per heavy atom. The zero-order valence-corrected chi connectivity index (χ0v) is 9.82. The van der Waals surface area contributed by atoms with Crippen molar-refractivity contribution in [2.45, 2.75) is 6.04 Å². The Bertz CT molecular complexity index is 659. The molecule has 0 saturated carbocycles. The second kappa shape index (κ2) is 4.55. The van der Waals surface area contributed by atoms with Gasteiger partial charge in [-0.05, 0) is 11.6 Å². The summed E-state index contributed by atoms with van der Waals surface area (Å²) in [4.78, 5) is 8.60. The molecule has 3 nitrogen and oxygen atoms in total. The summed E-state index contributed by atoms with van der Waals surface area (Å²) in [5.74, 6) is 0. The van der Waals surface area contributed by atoms with Gasteiger partial charge in [-0.2, -0.15) is 0 Å². The molecule has 3 rings (SSSR count). The van der Waals surface area contributed by atoms with Gasteiger partial charge in [0, 0.05) is 5.39 Å². The Morgan fingerprint density at radius 3 is 2.39 bits per heavy atom. The van der Waals surface area contributed by atoms with Gasteiger partial charge in [0.05, 0.1) is 17.3 Å². The summed E-state index contributed by atoms with van der Waals surface area (Å²) in [5, 5.41) is 1.01. The average Bonchev–Trinajstić information content (AvgIpc) is 2.47. The molecular weight excluding hydrogens is 222 g/mol. The van der Waals surface area contributed by atoms with Gasteiger partial charge < -0.3 is 5.73 Å². The smallest absolute Gasteiger partial charge is 0.116 e. The maximum absolute atomic E-state index is 6.29. The molecule has 2 N–H and O–H groups in total. The van der Waals surface area contributed by atoms with Crippen LogP contribution in [0.1, 0.15) is 17.3 Å². The van der Waals surface area contributed by atoms with E-state index in [1.165, 1.54) is 0 Å².